The molecule has 4 rings (SSSR count). The van der Waals surface area contributed by atoms with E-state index in [0.717, 1.165) is 13.0 Å². The zero-order chi connectivity index (χ0) is 14.4. The lowest BCUT2D eigenvalue weighted by Gasteiger charge is -2.11. The van der Waals surface area contributed by atoms with E-state index in [1.54, 1.807) is 0 Å². The molecule has 0 aliphatic carbocycles. The van der Waals surface area contributed by atoms with Crippen molar-refractivity contribution in [2.45, 2.75) is 26.8 Å². The van der Waals surface area contributed by atoms with Gasteiger partial charge in [-0.3, -0.25) is 0 Å². The van der Waals surface area contributed by atoms with Gasteiger partial charge < -0.3 is 4.57 Å². The van der Waals surface area contributed by atoms with Crippen molar-refractivity contribution in [3.8, 4) is 0 Å². The minimum absolute atomic E-state index is 1.01. The van der Waals surface area contributed by atoms with Gasteiger partial charge in [-0.2, -0.15) is 0 Å². The lowest BCUT2D eigenvalue weighted by atomic mass is 9.98. The predicted octanol–water partition coefficient (Wildman–Crippen LogP) is 5.53. The zero-order valence-electron chi connectivity index (χ0n) is 12.6. The van der Waals surface area contributed by atoms with Gasteiger partial charge in [-0.25, -0.2) is 0 Å². The highest BCUT2D eigenvalue weighted by Crippen LogP contribution is 2.36. The first kappa shape index (κ1) is 12.5. The van der Waals surface area contributed by atoms with Gasteiger partial charge in [0.1, 0.15) is 0 Å². The summed E-state index contributed by atoms with van der Waals surface area (Å²) < 4.78 is 2.47. The van der Waals surface area contributed by atoms with Crippen molar-refractivity contribution >= 4 is 32.6 Å². The minimum Gasteiger partial charge on any atom is -0.341 e. The molecule has 0 atom stereocenters. The third-order valence-electron chi connectivity index (χ3n) is 4.55. The lowest BCUT2D eigenvalue weighted by molar-refractivity contribution is 0.823. The molecule has 4 aromatic rings. The van der Waals surface area contributed by atoms with Crippen molar-refractivity contribution in [3.05, 3.63) is 60.2 Å². The normalized spacial score (nSPS) is 11.7. The maximum Gasteiger partial charge on any atom is 0.0530 e. The standard InChI is InChI=1S/C20H19N/c1-3-15-16-10-6-5-9-14(16)13-18-17-11-7-8-12-19(17)21(4-2)20(15)18/h5-13H,3-4H2,1-2H3. The van der Waals surface area contributed by atoms with Gasteiger partial charge >= 0.3 is 0 Å². The number of nitrogens with zero attached hydrogens (tertiary/aromatic N) is 1. The van der Waals surface area contributed by atoms with E-state index in [-0.39, 0.29) is 0 Å². The van der Waals surface area contributed by atoms with Gasteiger partial charge in [0, 0.05) is 22.8 Å². The largest absolute Gasteiger partial charge is 0.341 e. The Hall–Kier alpha value is -2.28. The average molecular weight is 273 g/mol. The zero-order valence-corrected chi connectivity index (χ0v) is 12.6. The van der Waals surface area contributed by atoms with Gasteiger partial charge in [-0.05, 0) is 41.8 Å². The van der Waals surface area contributed by atoms with Gasteiger partial charge in [0.25, 0.3) is 0 Å². The number of hydrogen-bond acceptors (Lipinski definition) is 0. The van der Waals surface area contributed by atoms with Crippen LogP contribution in [0.3, 0.4) is 0 Å². The molecule has 21 heavy (non-hydrogen) atoms. The van der Waals surface area contributed by atoms with E-state index in [2.05, 4.69) is 73.0 Å². The minimum atomic E-state index is 1.01. The first-order valence-electron chi connectivity index (χ1n) is 7.76. The summed E-state index contributed by atoms with van der Waals surface area (Å²) in [7, 11) is 0. The fourth-order valence-electron chi connectivity index (χ4n) is 3.67. The Balaban J connectivity index is 2.35. The van der Waals surface area contributed by atoms with E-state index >= 15 is 0 Å². The van der Waals surface area contributed by atoms with Crippen LogP contribution >= 0.6 is 0 Å². The number of hydrogen-bond donors (Lipinski definition) is 0. The number of fused-ring (bicyclic) bond motifs is 4. The third-order valence-corrected chi connectivity index (χ3v) is 4.55. The number of rotatable bonds is 2. The molecule has 0 saturated heterocycles. The van der Waals surface area contributed by atoms with E-state index in [0.29, 0.717) is 0 Å². The molecule has 0 spiro atoms. The summed E-state index contributed by atoms with van der Waals surface area (Å²) in [5, 5.41) is 5.50. The maximum absolute atomic E-state index is 2.47. The van der Waals surface area contributed by atoms with Gasteiger partial charge in [0.15, 0.2) is 0 Å². The van der Waals surface area contributed by atoms with Crippen molar-refractivity contribution in [2.75, 3.05) is 0 Å². The van der Waals surface area contributed by atoms with Crippen LogP contribution in [-0.2, 0) is 13.0 Å². The molecule has 0 amide bonds. The van der Waals surface area contributed by atoms with Crippen LogP contribution in [0.25, 0.3) is 32.6 Å². The first-order valence-corrected chi connectivity index (χ1v) is 7.76. The smallest absolute Gasteiger partial charge is 0.0530 e. The summed E-state index contributed by atoms with van der Waals surface area (Å²) in [6.45, 7) is 5.51. The van der Waals surface area contributed by atoms with Crippen LogP contribution in [0.5, 0.6) is 0 Å². The third kappa shape index (κ3) is 1.64. The highest BCUT2D eigenvalue weighted by atomic mass is 15.0. The van der Waals surface area contributed by atoms with Crippen molar-refractivity contribution < 1.29 is 0 Å². The van der Waals surface area contributed by atoms with E-state index in [1.807, 2.05) is 0 Å². The highest BCUT2D eigenvalue weighted by molar-refractivity contribution is 6.14. The Morgan fingerprint density at radius 3 is 2.29 bits per heavy atom. The van der Waals surface area contributed by atoms with Crippen LogP contribution in [0.4, 0.5) is 0 Å². The average Bonchev–Trinajstić information content (AvgIpc) is 2.86. The highest BCUT2D eigenvalue weighted by Gasteiger charge is 2.14. The fraction of sp³-hybridized carbons (Fsp3) is 0.200. The summed E-state index contributed by atoms with van der Waals surface area (Å²) in [5.41, 5.74) is 4.24. The number of benzene rings is 3. The van der Waals surface area contributed by atoms with Crippen molar-refractivity contribution in [1.29, 1.82) is 0 Å². The molecule has 0 aliphatic heterocycles. The van der Waals surface area contributed by atoms with Crippen LogP contribution in [0.2, 0.25) is 0 Å². The van der Waals surface area contributed by atoms with E-state index in [1.165, 1.54) is 38.1 Å². The molecule has 104 valence electrons. The molecule has 0 unspecified atom stereocenters. The Labute approximate surface area is 124 Å². The second-order valence-corrected chi connectivity index (χ2v) is 5.59. The summed E-state index contributed by atoms with van der Waals surface area (Å²) in [5.74, 6) is 0. The summed E-state index contributed by atoms with van der Waals surface area (Å²) in [6.07, 6.45) is 1.06. The van der Waals surface area contributed by atoms with Crippen LogP contribution in [0.15, 0.2) is 54.6 Å². The molecule has 1 aromatic heterocycles. The summed E-state index contributed by atoms with van der Waals surface area (Å²) >= 11 is 0. The summed E-state index contributed by atoms with van der Waals surface area (Å²) in [6, 6.07) is 19.9. The predicted molar refractivity (Wildman–Crippen MR) is 92.0 cm³/mol. The number of aromatic nitrogens is 1. The van der Waals surface area contributed by atoms with Crippen LogP contribution in [0.1, 0.15) is 19.4 Å². The Kier molecular flexibility index (Phi) is 2.75. The second-order valence-electron chi connectivity index (χ2n) is 5.59. The van der Waals surface area contributed by atoms with Crippen molar-refractivity contribution in [3.63, 3.8) is 0 Å². The van der Waals surface area contributed by atoms with Crippen LogP contribution < -0.4 is 0 Å². The Morgan fingerprint density at radius 2 is 1.52 bits per heavy atom. The van der Waals surface area contributed by atoms with E-state index in [4.69, 9.17) is 0 Å². The maximum atomic E-state index is 2.47. The first-order chi connectivity index (χ1) is 10.3. The molecule has 1 nitrogen and oxygen atoms in total. The fourth-order valence-corrected chi connectivity index (χ4v) is 3.67. The molecule has 1 heteroatoms. The molecular weight excluding hydrogens is 254 g/mol. The lowest BCUT2D eigenvalue weighted by Crippen LogP contribution is -1.97. The SMILES string of the molecule is CCc1c2ccccc2cc2c3ccccc3n(CC)c12. The number of para-hydroxylation sites is 1. The van der Waals surface area contributed by atoms with Crippen LogP contribution in [-0.4, -0.2) is 4.57 Å². The van der Waals surface area contributed by atoms with E-state index in [9.17, 15) is 0 Å². The quantitative estimate of drug-likeness (QED) is 0.452. The molecule has 3 aromatic carbocycles. The van der Waals surface area contributed by atoms with Gasteiger partial charge in [-0.15, -0.1) is 0 Å². The molecule has 0 bridgehead atoms. The van der Waals surface area contributed by atoms with Crippen molar-refractivity contribution in [2.24, 2.45) is 0 Å². The van der Waals surface area contributed by atoms with Crippen molar-refractivity contribution in [1.82, 2.24) is 4.57 Å². The molecule has 0 N–H and O–H groups in total. The molecule has 0 saturated carbocycles. The topological polar surface area (TPSA) is 4.93 Å². The molecule has 0 fully saturated rings. The number of aryl methyl sites for hydroxylation is 2. The van der Waals surface area contributed by atoms with E-state index < -0.39 is 0 Å². The molecule has 1 heterocycles. The van der Waals surface area contributed by atoms with Gasteiger partial charge in [0.05, 0.1) is 5.52 Å². The molecule has 0 aliphatic rings. The Morgan fingerprint density at radius 1 is 0.810 bits per heavy atom. The van der Waals surface area contributed by atoms with Gasteiger partial charge in [0.2, 0.25) is 0 Å². The van der Waals surface area contributed by atoms with Crippen LogP contribution in [0, 0.1) is 0 Å². The molecule has 0 radical (unpaired) electrons. The summed E-state index contributed by atoms with van der Waals surface area (Å²) in [4.78, 5) is 0. The second kappa shape index (κ2) is 4.63. The van der Waals surface area contributed by atoms with Gasteiger partial charge in [-0.1, -0.05) is 49.4 Å². The molecular formula is C20H19N. The Bertz CT molecular complexity index is 954. The monoisotopic (exact) mass is 273 g/mol.